The Morgan fingerprint density at radius 1 is 1.20 bits per heavy atom. The van der Waals surface area contributed by atoms with Gasteiger partial charge in [-0.25, -0.2) is 0 Å². The van der Waals surface area contributed by atoms with E-state index in [1.165, 1.54) is 32.1 Å². The number of hydrogen-bond acceptors (Lipinski definition) is 3. The number of carbonyl (C=O) groups is 1. The minimum absolute atomic E-state index is 0.0550. The predicted octanol–water partition coefficient (Wildman–Crippen LogP) is 4.40. The molecule has 0 saturated heterocycles. The highest BCUT2D eigenvalue weighted by molar-refractivity contribution is 5.75. The Morgan fingerprint density at radius 2 is 2.00 bits per heavy atom. The van der Waals surface area contributed by atoms with E-state index in [9.17, 15) is 4.79 Å². The van der Waals surface area contributed by atoms with Crippen molar-refractivity contribution in [3.8, 4) is 0 Å². The number of rotatable bonds is 5. The summed E-state index contributed by atoms with van der Waals surface area (Å²) in [4.78, 5) is 12.5. The molecule has 3 heteroatoms. The fourth-order valence-corrected chi connectivity index (χ4v) is 9.48. The fraction of sp³-hybridized carbons (Fsp3) is 0.955. The fourth-order valence-electron chi connectivity index (χ4n) is 9.48. The SMILES string of the molecule is CCC(C)(C)C(=O)OC(C)OC12CC3CC4C5CC6CC1C5C3C42C6. The van der Waals surface area contributed by atoms with Gasteiger partial charge in [0.25, 0.3) is 0 Å². The van der Waals surface area contributed by atoms with Gasteiger partial charge in [-0.1, -0.05) is 6.92 Å². The number of esters is 1. The van der Waals surface area contributed by atoms with Crippen LogP contribution in [0.3, 0.4) is 0 Å². The summed E-state index contributed by atoms with van der Waals surface area (Å²) in [5.41, 5.74) is 0.110. The van der Waals surface area contributed by atoms with Crippen molar-refractivity contribution >= 4 is 5.97 Å². The van der Waals surface area contributed by atoms with Gasteiger partial charge in [0, 0.05) is 5.41 Å². The smallest absolute Gasteiger partial charge is 0.313 e. The van der Waals surface area contributed by atoms with E-state index in [0.29, 0.717) is 5.41 Å². The van der Waals surface area contributed by atoms with Gasteiger partial charge in [0.15, 0.2) is 0 Å². The first-order valence-electron chi connectivity index (χ1n) is 10.7. The Labute approximate surface area is 151 Å². The zero-order valence-electron chi connectivity index (χ0n) is 16.1. The molecule has 0 aromatic rings. The van der Waals surface area contributed by atoms with Gasteiger partial charge in [-0.3, -0.25) is 4.79 Å². The van der Waals surface area contributed by atoms with Crippen molar-refractivity contribution < 1.29 is 14.3 Å². The van der Waals surface area contributed by atoms with E-state index in [2.05, 4.69) is 0 Å². The second-order valence-electron chi connectivity index (χ2n) is 11.0. The molecule has 3 nitrogen and oxygen atoms in total. The molecule has 25 heavy (non-hydrogen) atoms. The van der Waals surface area contributed by atoms with E-state index in [-0.39, 0.29) is 11.6 Å². The lowest BCUT2D eigenvalue weighted by Gasteiger charge is -2.66. The molecule has 0 heterocycles. The Morgan fingerprint density at radius 3 is 2.76 bits per heavy atom. The summed E-state index contributed by atoms with van der Waals surface area (Å²) >= 11 is 0. The van der Waals surface area contributed by atoms with Crippen LogP contribution in [0.15, 0.2) is 0 Å². The minimum atomic E-state index is -0.417. The average Bonchev–Trinajstić information content (AvgIpc) is 3.11. The molecule has 7 aliphatic carbocycles. The molecule has 1 spiro atoms. The van der Waals surface area contributed by atoms with Gasteiger partial charge in [-0.2, -0.15) is 0 Å². The van der Waals surface area contributed by atoms with Gasteiger partial charge >= 0.3 is 5.97 Å². The molecule has 0 N–H and O–H groups in total. The average molecular weight is 344 g/mol. The van der Waals surface area contributed by atoms with Gasteiger partial charge in [0.1, 0.15) is 0 Å². The van der Waals surface area contributed by atoms with Gasteiger partial charge in [0.2, 0.25) is 6.29 Å². The summed E-state index contributed by atoms with van der Waals surface area (Å²) in [7, 11) is 0. The van der Waals surface area contributed by atoms with Crippen LogP contribution in [0.25, 0.3) is 0 Å². The highest BCUT2D eigenvalue weighted by Crippen LogP contribution is 2.91. The lowest BCUT2D eigenvalue weighted by Crippen LogP contribution is -2.66. The summed E-state index contributed by atoms with van der Waals surface area (Å²) in [6, 6.07) is 0. The van der Waals surface area contributed by atoms with Crippen molar-refractivity contribution in [2.75, 3.05) is 0 Å². The van der Waals surface area contributed by atoms with Crippen LogP contribution in [0.4, 0.5) is 0 Å². The molecule has 0 aromatic heterocycles. The molecule has 0 radical (unpaired) electrons. The molecular formula is C22H32O3. The number of carbonyl (C=O) groups excluding carboxylic acids is 1. The molecule has 0 amide bonds. The molecule has 10 atom stereocenters. The molecule has 7 aliphatic rings. The Kier molecular flexibility index (Phi) is 2.66. The van der Waals surface area contributed by atoms with Crippen LogP contribution in [-0.4, -0.2) is 17.9 Å². The summed E-state index contributed by atoms with van der Waals surface area (Å²) in [6.45, 7) is 7.96. The summed E-state index contributed by atoms with van der Waals surface area (Å²) in [5.74, 6) is 6.40. The minimum Gasteiger partial charge on any atom is -0.436 e. The monoisotopic (exact) mass is 344 g/mol. The van der Waals surface area contributed by atoms with Crippen molar-refractivity contribution in [1.82, 2.24) is 0 Å². The van der Waals surface area contributed by atoms with Gasteiger partial charge in [-0.15, -0.1) is 0 Å². The van der Waals surface area contributed by atoms with Crippen molar-refractivity contribution in [3.05, 3.63) is 0 Å². The molecular weight excluding hydrogens is 312 g/mol. The molecule has 9 bridgehead atoms. The van der Waals surface area contributed by atoms with E-state index in [1.807, 2.05) is 27.7 Å². The third-order valence-corrected chi connectivity index (χ3v) is 10.1. The number of hydrogen-bond donors (Lipinski definition) is 0. The Bertz CT molecular complexity index is 656. The van der Waals surface area contributed by atoms with Crippen LogP contribution in [-0.2, 0) is 14.3 Å². The predicted molar refractivity (Wildman–Crippen MR) is 93.4 cm³/mol. The second kappa shape index (κ2) is 4.29. The van der Waals surface area contributed by atoms with E-state index in [4.69, 9.17) is 9.47 Å². The Hall–Kier alpha value is -0.570. The van der Waals surface area contributed by atoms with Crippen molar-refractivity contribution in [1.29, 1.82) is 0 Å². The highest BCUT2D eigenvalue weighted by atomic mass is 16.7. The molecule has 7 fully saturated rings. The molecule has 10 unspecified atom stereocenters. The van der Waals surface area contributed by atoms with Crippen LogP contribution < -0.4 is 0 Å². The first-order chi connectivity index (χ1) is 11.8. The van der Waals surface area contributed by atoms with Crippen LogP contribution in [0.5, 0.6) is 0 Å². The maximum atomic E-state index is 12.5. The van der Waals surface area contributed by atoms with Crippen molar-refractivity contribution in [2.45, 2.75) is 78.1 Å². The second-order valence-corrected chi connectivity index (χ2v) is 11.0. The topological polar surface area (TPSA) is 35.5 Å². The lowest BCUT2D eigenvalue weighted by molar-refractivity contribution is -0.300. The van der Waals surface area contributed by atoms with Crippen LogP contribution >= 0.6 is 0 Å². The van der Waals surface area contributed by atoms with E-state index in [0.717, 1.165) is 47.8 Å². The normalized spacial score (nSPS) is 57.0. The maximum absolute atomic E-state index is 12.5. The van der Waals surface area contributed by atoms with Crippen LogP contribution in [0.2, 0.25) is 0 Å². The zero-order chi connectivity index (χ0) is 17.4. The van der Waals surface area contributed by atoms with Crippen LogP contribution in [0.1, 0.15) is 66.2 Å². The maximum Gasteiger partial charge on any atom is 0.313 e. The summed E-state index contributed by atoms with van der Waals surface area (Å²) in [5, 5.41) is 0. The third-order valence-electron chi connectivity index (χ3n) is 10.1. The molecule has 7 rings (SSSR count). The van der Waals surface area contributed by atoms with E-state index in [1.54, 1.807) is 0 Å². The summed E-state index contributed by atoms with van der Waals surface area (Å²) < 4.78 is 12.6. The van der Waals surface area contributed by atoms with Gasteiger partial charge in [-0.05, 0) is 101 Å². The van der Waals surface area contributed by atoms with Crippen molar-refractivity contribution in [2.24, 2.45) is 52.3 Å². The van der Waals surface area contributed by atoms with E-state index >= 15 is 0 Å². The molecule has 138 valence electrons. The summed E-state index contributed by atoms with van der Waals surface area (Å²) in [6.07, 6.45) is 7.46. The standard InChI is InChI=1S/C22H32O3/c1-5-20(3,4)19(23)24-11(2)25-22-10-13-8-15-14-6-12-7-16(22)17(14)18(13)21(15,22)9-12/h11-18H,5-10H2,1-4H3. The van der Waals surface area contributed by atoms with E-state index < -0.39 is 11.7 Å². The van der Waals surface area contributed by atoms with Gasteiger partial charge < -0.3 is 9.47 Å². The quantitative estimate of drug-likeness (QED) is 0.548. The lowest BCUT2D eigenvalue weighted by atomic mass is 9.42. The molecule has 0 aromatic carbocycles. The van der Waals surface area contributed by atoms with Crippen LogP contribution in [0, 0.1) is 52.3 Å². The third kappa shape index (κ3) is 1.44. The molecule has 0 aliphatic heterocycles. The highest BCUT2D eigenvalue weighted by Gasteiger charge is 2.90. The zero-order valence-corrected chi connectivity index (χ0v) is 16.1. The Balaban J connectivity index is 1.29. The first kappa shape index (κ1) is 15.5. The van der Waals surface area contributed by atoms with Gasteiger partial charge in [0.05, 0.1) is 11.0 Å². The first-order valence-corrected chi connectivity index (χ1v) is 10.7. The molecule has 7 saturated carbocycles. The number of ether oxygens (including phenoxy) is 2. The van der Waals surface area contributed by atoms with Crippen molar-refractivity contribution in [3.63, 3.8) is 0 Å². The largest absolute Gasteiger partial charge is 0.436 e.